The molecule has 0 saturated heterocycles. The topological polar surface area (TPSA) is 79.8 Å². The molecule has 0 atom stereocenters. The maximum atomic E-state index is 12.9. The fraction of sp³-hybridized carbons (Fsp3) is 0.0870. The molecule has 3 aromatic carbocycles. The summed E-state index contributed by atoms with van der Waals surface area (Å²) in [6.07, 6.45) is 0. The number of hydrazone groups is 1. The average molecular weight is 474 g/mol. The van der Waals surface area contributed by atoms with E-state index in [0.29, 0.717) is 23.1 Å². The lowest BCUT2D eigenvalue weighted by Crippen LogP contribution is -2.33. The SMILES string of the molecule is C/C(=N\NC(=O)C(=O)Nc1cc(Cl)ccc1Cl)c1ccc(OCc2ccc(F)cc2)cc1. The Morgan fingerprint density at radius 1 is 0.969 bits per heavy atom. The molecule has 2 N–H and O–H groups in total. The number of benzene rings is 3. The van der Waals surface area contributed by atoms with Crippen LogP contribution >= 0.6 is 23.2 Å². The van der Waals surface area contributed by atoms with Crippen molar-refractivity contribution < 1.29 is 18.7 Å². The molecule has 0 aliphatic rings. The molecule has 6 nitrogen and oxygen atoms in total. The van der Waals surface area contributed by atoms with E-state index in [0.717, 1.165) is 11.1 Å². The number of halogens is 3. The normalized spacial score (nSPS) is 11.1. The van der Waals surface area contributed by atoms with Crippen molar-refractivity contribution in [2.75, 3.05) is 5.32 Å². The first-order valence-corrected chi connectivity index (χ1v) is 10.2. The second kappa shape index (κ2) is 10.7. The number of hydrogen-bond donors (Lipinski definition) is 2. The summed E-state index contributed by atoms with van der Waals surface area (Å²) in [6, 6.07) is 17.6. The van der Waals surface area contributed by atoms with Gasteiger partial charge in [0.1, 0.15) is 18.2 Å². The molecule has 3 rings (SSSR count). The van der Waals surface area contributed by atoms with Gasteiger partial charge in [0.25, 0.3) is 0 Å². The van der Waals surface area contributed by atoms with Gasteiger partial charge in [0.2, 0.25) is 0 Å². The smallest absolute Gasteiger partial charge is 0.329 e. The molecule has 0 aliphatic heterocycles. The quantitative estimate of drug-likeness (QED) is 0.293. The van der Waals surface area contributed by atoms with Gasteiger partial charge >= 0.3 is 11.8 Å². The molecule has 32 heavy (non-hydrogen) atoms. The van der Waals surface area contributed by atoms with E-state index in [1.165, 1.54) is 24.3 Å². The zero-order valence-corrected chi connectivity index (χ0v) is 18.4. The van der Waals surface area contributed by atoms with Gasteiger partial charge in [-0.2, -0.15) is 5.10 Å². The van der Waals surface area contributed by atoms with Crippen molar-refractivity contribution in [3.8, 4) is 5.75 Å². The van der Waals surface area contributed by atoms with Gasteiger partial charge in [-0.25, -0.2) is 9.82 Å². The molecule has 164 valence electrons. The lowest BCUT2D eigenvalue weighted by atomic mass is 10.1. The van der Waals surface area contributed by atoms with Gasteiger partial charge in [0.15, 0.2) is 0 Å². The molecule has 0 spiro atoms. The first-order chi connectivity index (χ1) is 15.3. The van der Waals surface area contributed by atoms with Crippen LogP contribution in [0.3, 0.4) is 0 Å². The Balaban J connectivity index is 1.54. The first kappa shape index (κ1) is 23.2. The number of hydrogen-bond acceptors (Lipinski definition) is 4. The molecule has 0 unspecified atom stereocenters. The van der Waals surface area contributed by atoms with Crippen molar-refractivity contribution in [3.05, 3.63) is 93.7 Å². The minimum absolute atomic E-state index is 0.219. The highest BCUT2D eigenvalue weighted by Gasteiger charge is 2.15. The number of amides is 2. The van der Waals surface area contributed by atoms with Crippen molar-refractivity contribution in [2.24, 2.45) is 5.10 Å². The third-order valence-corrected chi connectivity index (χ3v) is 4.86. The van der Waals surface area contributed by atoms with Crippen LogP contribution in [0.25, 0.3) is 0 Å². The van der Waals surface area contributed by atoms with E-state index in [1.807, 2.05) is 0 Å². The third-order valence-electron chi connectivity index (χ3n) is 4.30. The molecule has 0 aromatic heterocycles. The summed E-state index contributed by atoms with van der Waals surface area (Å²) >= 11 is 11.8. The largest absolute Gasteiger partial charge is 0.489 e. The Kier molecular flexibility index (Phi) is 7.81. The van der Waals surface area contributed by atoms with Crippen LogP contribution in [0.1, 0.15) is 18.1 Å². The van der Waals surface area contributed by atoms with Gasteiger partial charge in [-0.3, -0.25) is 9.59 Å². The molecule has 0 saturated carbocycles. The van der Waals surface area contributed by atoms with Crippen LogP contribution in [0.4, 0.5) is 10.1 Å². The van der Waals surface area contributed by atoms with Crippen LogP contribution < -0.4 is 15.5 Å². The Bertz CT molecular complexity index is 1150. The highest BCUT2D eigenvalue weighted by Crippen LogP contribution is 2.25. The maximum Gasteiger partial charge on any atom is 0.329 e. The fourth-order valence-corrected chi connectivity index (χ4v) is 2.90. The monoisotopic (exact) mass is 473 g/mol. The number of carbonyl (C=O) groups excluding carboxylic acids is 2. The molecule has 2 amide bonds. The van der Waals surface area contributed by atoms with Crippen molar-refractivity contribution in [1.29, 1.82) is 0 Å². The number of anilines is 1. The Hall–Kier alpha value is -3.42. The van der Waals surface area contributed by atoms with Gasteiger partial charge in [0.05, 0.1) is 16.4 Å². The van der Waals surface area contributed by atoms with Crippen LogP contribution in [0.5, 0.6) is 5.75 Å². The number of rotatable bonds is 6. The number of ether oxygens (including phenoxy) is 1. The molecule has 0 aliphatic carbocycles. The summed E-state index contributed by atoms with van der Waals surface area (Å²) in [7, 11) is 0. The van der Waals surface area contributed by atoms with E-state index in [-0.39, 0.29) is 16.5 Å². The molecular weight excluding hydrogens is 456 g/mol. The molecule has 0 fully saturated rings. The maximum absolute atomic E-state index is 12.9. The number of carbonyl (C=O) groups is 2. The first-order valence-electron chi connectivity index (χ1n) is 9.40. The van der Waals surface area contributed by atoms with Crippen molar-refractivity contribution in [2.45, 2.75) is 13.5 Å². The second-order valence-electron chi connectivity index (χ2n) is 6.66. The van der Waals surface area contributed by atoms with Crippen molar-refractivity contribution >= 4 is 46.4 Å². The predicted molar refractivity (Wildman–Crippen MR) is 123 cm³/mol. The van der Waals surface area contributed by atoms with E-state index in [1.54, 1.807) is 49.4 Å². The highest BCUT2D eigenvalue weighted by atomic mass is 35.5. The van der Waals surface area contributed by atoms with Crippen molar-refractivity contribution in [1.82, 2.24) is 5.43 Å². The van der Waals surface area contributed by atoms with Gasteiger partial charge in [0, 0.05) is 5.02 Å². The molecule has 0 bridgehead atoms. The molecule has 3 aromatic rings. The second-order valence-corrected chi connectivity index (χ2v) is 7.50. The van der Waals surface area contributed by atoms with Crippen LogP contribution in [0, 0.1) is 5.82 Å². The van der Waals surface area contributed by atoms with E-state index < -0.39 is 11.8 Å². The molecule has 9 heteroatoms. The molecule has 0 heterocycles. The van der Waals surface area contributed by atoms with Crippen LogP contribution in [-0.2, 0) is 16.2 Å². The molecular formula is C23H18Cl2FN3O3. The summed E-state index contributed by atoms with van der Waals surface area (Å²) in [4.78, 5) is 24.1. The van der Waals surface area contributed by atoms with Gasteiger partial charge in [-0.1, -0.05) is 35.3 Å². The minimum Gasteiger partial charge on any atom is -0.489 e. The molecule has 0 radical (unpaired) electrons. The third kappa shape index (κ3) is 6.54. The fourth-order valence-electron chi connectivity index (χ4n) is 2.56. The predicted octanol–water partition coefficient (Wildman–Crippen LogP) is 5.19. The standard InChI is InChI=1S/C23H18Cl2FN3O3/c1-14(28-29-23(31)22(30)27-21-12-17(24)6-11-20(21)25)16-4-9-19(10-5-16)32-13-15-2-7-18(26)8-3-15/h2-12H,13H2,1H3,(H,27,30)(H,29,31)/b28-14+. The Labute approximate surface area is 194 Å². The van der Waals surface area contributed by atoms with Gasteiger partial charge < -0.3 is 10.1 Å². The summed E-state index contributed by atoms with van der Waals surface area (Å²) < 4.78 is 18.6. The van der Waals surface area contributed by atoms with Crippen molar-refractivity contribution in [3.63, 3.8) is 0 Å². The summed E-state index contributed by atoms with van der Waals surface area (Å²) in [5, 5.41) is 6.94. The van der Waals surface area contributed by atoms with Gasteiger partial charge in [-0.05, 0) is 72.6 Å². The minimum atomic E-state index is -0.959. The summed E-state index contributed by atoms with van der Waals surface area (Å²) in [5.41, 5.74) is 4.46. The van der Waals surface area contributed by atoms with Crippen LogP contribution in [0.15, 0.2) is 71.8 Å². The van der Waals surface area contributed by atoms with Crippen LogP contribution in [-0.4, -0.2) is 17.5 Å². The van der Waals surface area contributed by atoms with Gasteiger partial charge in [-0.15, -0.1) is 0 Å². The Morgan fingerprint density at radius 3 is 2.34 bits per heavy atom. The van der Waals surface area contributed by atoms with E-state index in [9.17, 15) is 14.0 Å². The summed E-state index contributed by atoms with van der Waals surface area (Å²) in [6.45, 7) is 1.98. The van der Waals surface area contributed by atoms with E-state index in [4.69, 9.17) is 27.9 Å². The lowest BCUT2D eigenvalue weighted by Gasteiger charge is -2.08. The zero-order valence-electron chi connectivity index (χ0n) is 16.9. The van der Waals surface area contributed by atoms with Crippen LogP contribution in [0.2, 0.25) is 10.0 Å². The number of nitrogens with zero attached hydrogens (tertiary/aromatic N) is 1. The zero-order chi connectivity index (χ0) is 23.1. The lowest BCUT2D eigenvalue weighted by molar-refractivity contribution is -0.136. The van der Waals surface area contributed by atoms with E-state index in [2.05, 4.69) is 15.8 Å². The number of nitrogens with one attached hydrogen (secondary N) is 2. The highest BCUT2D eigenvalue weighted by molar-refractivity contribution is 6.42. The average Bonchev–Trinajstić information content (AvgIpc) is 2.79. The summed E-state index contributed by atoms with van der Waals surface area (Å²) in [5.74, 6) is -1.58. The Morgan fingerprint density at radius 2 is 1.66 bits per heavy atom. The van der Waals surface area contributed by atoms with E-state index >= 15 is 0 Å².